The number of rotatable bonds is 1. The van der Waals surface area contributed by atoms with Crippen LogP contribution in [-0.4, -0.2) is 9.38 Å². The lowest BCUT2D eigenvalue weighted by molar-refractivity contribution is 1.23. The number of nitrogens with zero attached hydrogens (tertiary/aromatic N) is 2. The topological polar surface area (TPSA) is 17.3 Å². The summed E-state index contributed by atoms with van der Waals surface area (Å²) in [4.78, 5) is 4.97. The predicted octanol–water partition coefficient (Wildman–Crippen LogP) is 6.22. The second kappa shape index (κ2) is 5.56. The first-order chi connectivity index (χ1) is 12.2. The molecular weight excluding hydrogens is 419 g/mol. The third kappa shape index (κ3) is 2.19. The number of fused-ring (bicyclic) bond motifs is 5. The Balaban J connectivity index is 2.10. The van der Waals surface area contributed by atoms with Crippen molar-refractivity contribution in [2.75, 3.05) is 0 Å². The summed E-state index contributed by atoms with van der Waals surface area (Å²) < 4.78 is 3.58. The van der Waals surface area contributed by atoms with Gasteiger partial charge < -0.3 is 0 Å². The van der Waals surface area contributed by atoms with Gasteiger partial charge in [0.25, 0.3) is 0 Å². The van der Waals surface area contributed by atoms with Crippen LogP contribution < -0.4 is 0 Å². The molecule has 0 radical (unpaired) electrons. The SMILES string of the molecule is Cc1ccc2nc3c4ccccc4c(I)c(-c4ccccc4)n3c2c1. The van der Waals surface area contributed by atoms with Crippen LogP contribution in [-0.2, 0) is 0 Å². The summed E-state index contributed by atoms with van der Waals surface area (Å²) in [6, 6.07) is 25.6. The Kier molecular flexibility index (Phi) is 3.31. The first-order valence-corrected chi connectivity index (χ1v) is 9.36. The highest BCUT2D eigenvalue weighted by Crippen LogP contribution is 2.36. The second-order valence-corrected chi connectivity index (χ2v) is 7.42. The molecule has 0 aliphatic heterocycles. The highest BCUT2D eigenvalue weighted by molar-refractivity contribution is 14.1. The number of hydrogen-bond acceptors (Lipinski definition) is 1. The Morgan fingerprint density at radius 3 is 2.36 bits per heavy atom. The quantitative estimate of drug-likeness (QED) is 0.286. The van der Waals surface area contributed by atoms with Crippen LogP contribution in [0, 0.1) is 10.5 Å². The van der Waals surface area contributed by atoms with E-state index in [4.69, 9.17) is 4.98 Å². The van der Waals surface area contributed by atoms with E-state index >= 15 is 0 Å². The van der Waals surface area contributed by atoms with Gasteiger partial charge in [-0.05, 0) is 52.8 Å². The molecule has 0 fully saturated rings. The van der Waals surface area contributed by atoms with Crippen LogP contribution in [0.4, 0.5) is 0 Å². The van der Waals surface area contributed by atoms with Crippen molar-refractivity contribution in [3.63, 3.8) is 0 Å². The molecule has 0 saturated carbocycles. The van der Waals surface area contributed by atoms with Crippen LogP contribution in [0.3, 0.4) is 0 Å². The number of imidazole rings is 1. The Hall–Kier alpha value is -2.40. The highest BCUT2D eigenvalue weighted by Gasteiger charge is 2.17. The maximum atomic E-state index is 4.97. The zero-order valence-corrected chi connectivity index (χ0v) is 15.9. The molecule has 5 aromatic rings. The fourth-order valence-corrected chi connectivity index (χ4v) is 4.56. The van der Waals surface area contributed by atoms with Crippen molar-refractivity contribution >= 4 is 50.0 Å². The van der Waals surface area contributed by atoms with Crippen molar-refractivity contribution in [2.24, 2.45) is 0 Å². The zero-order chi connectivity index (χ0) is 17.0. The molecule has 0 saturated heterocycles. The smallest absolute Gasteiger partial charge is 0.146 e. The normalized spacial score (nSPS) is 11.6. The molecule has 2 heterocycles. The largest absolute Gasteiger partial charge is 0.291 e. The molecule has 25 heavy (non-hydrogen) atoms. The molecule has 0 N–H and O–H groups in total. The summed E-state index contributed by atoms with van der Waals surface area (Å²) in [5.41, 5.74) is 6.89. The van der Waals surface area contributed by atoms with Gasteiger partial charge in [0.1, 0.15) is 5.65 Å². The number of hydrogen-bond donors (Lipinski definition) is 0. The fraction of sp³-hybridized carbons (Fsp3) is 0.0455. The van der Waals surface area contributed by atoms with Crippen LogP contribution in [0.25, 0.3) is 38.7 Å². The van der Waals surface area contributed by atoms with Gasteiger partial charge in [0.15, 0.2) is 0 Å². The molecule has 0 amide bonds. The van der Waals surface area contributed by atoms with Crippen molar-refractivity contribution in [3.05, 3.63) is 81.9 Å². The molecule has 2 nitrogen and oxygen atoms in total. The van der Waals surface area contributed by atoms with Crippen molar-refractivity contribution in [3.8, 4) is 11.3 Å². The van der Waals surface area contributed by atoms with Gasteiger partial charge >= 0.3 is 0 Å². The van der Waals surface area contributed by atoms with E-state index in [0.29, 0.717) is 0 Å². The van der Waals surface area contributed by atoms with Crippen LogP contribution in [0.1, 0.15) is 5.56 Å². The van der Waals surface area contributed by atoms with E-state index in [-0.39, 0.29) is 0 Å². The summed E-state index contributed by atoms with van der Waals surface area (Å²) in [6.45, 7) is 2.13. The van der Waals surface area contributed by atoms with Crippen molar-refractivity contribution in [2.45, 2.75) is 6.92 Å². The van der Waals surface area contributed by atoms with E-state index in [1.54, 1.807) is 0 Å². The minimum absolute atomic E-state index is 1.02. The number of aromatic nitrogens is 2. The molecule has 120 valence electrons. The average molecular weight is 434 g/mol. The van der Waals surface area contributed by atoms with Gasteiger partial charge in [-0.15, -0.1) is 0 Å². The average Bonchev–Trinajstić information content (AvgIpc) is 3.02. The first-order valence-electron chi connectivity index (χ1n) is 8.28. The van der Waals surface area contributed by atoms with Gasteiger partial charge in [-0.2, -0.15) is 0 Å². The molecule has 0 unspecified atom stereocenters. The second-order valence-electron chi connectivity index (χ2n) is 6.34. The van der Waals surface area contributed by atoms with E-state index in [1.165, 1.54) is 31.2 Å². The number of benzene rings is 3. The molecule has 0 aliphatic carbocycles. The van der Waals surface area contributed by atoms with Gasteiger partial charge in [0, 0.05) is 14.3 Å². The Morgan fingerprint density at radius 1 is 0.840 bits per heavy atom. The lowest BCUT2D eigenvalue weighted by atomic mass is 10.1. The minimum atomic E-state index is 1.02. The summed E-state index contributed by atoms with van der Waals surface area (Å²) in [6.07, 6.45) is 0. The summed E-state index contributed by atoms with van der Waals surface area (Å²) >= 11 is 2.48. The first kappa shape index (κ1) is 14.9. The van der Waals surface area contributed by atoms with E-state index < -0.39 is 0 Å². The van der Waals surface area contributed by atoms with Gasteiger partial charge in [0.05, 0.1) is 16.7 Å². The summed E-state index contributed by atoms with van der Waals surface area (Å²) in [7, 11) is 0. The third-order valence-electron chi connectivity index (χ3n) is 4.69. The number of aryl methyl sites for hydroxylation is 1. The zero-order valence-electron chi connectivity index (χ0n) is 13.7. The monoisotopic (exact) mass is 434 g/mol. The van der Waals surface area contributed by atoms with Gasteiger partial charge in [-0.25, -0.2) is 4.98 Å². The highest BCUT2D eigenvalue weighted by atomic mass is 127. The Labute approximate surface area is 159 Å². The Morgan fingerprint density at radius 2 is 1.56 bits per heavy atom. The van der Waals surface area contributed by atoms with Gasteiger partial charge in [0.2, 0.25) is 0 Å². The molecule has 3 aromatic carbocycles. The van der Waals surface area contributed by atoms with E-state index in [9.17, 15) is 0 Å². The van der Waals surface area contributed by atoms with Crippen LogP contribution in [0.15, 0.2) is 72.8 Å². The molecule has 0 aliphatic rings. The molecule has 0 spiro atoms. The third-order valence-corrected chi connectivity index (χ3v) is 5.79. The molecular formula is C22H15IN2. The van der Waals surface area contributed by atoms with E-state index in [0.717, 1.165) is 16.7 Å². The summed E-state index contributed by atoms with van der Waals surface area (Å²) in [5, 5.41) is 2.45. The maximum absolute atomic E-state index is 4.97. The van der Waals surface area contributed by atoms with Crippen LogP contribution in [0.5, 0.6) is 0 Å². The number of pyridine rings is 1. The standard InChI is InChI=1S/C22H15IN2/c1-14-11-12-18-19(13-14)25-21(15-7-3-2-4-8-15)20(23)16-9-5-6-10-17(16)22(25)24-18/h2-13H,1H3. The van der Waals surface area contributed by atoms with Crippen molar-refractivity contribution in [1.82, 2.24) is 9.38 Å². The molecule has 2 aromatic heterocycles. The van der Waals surface area contributed by atoms with Crippen molar-refractivity contribution in [1.29, 1.82) is 0 Å². The van der Waals surface area contributed by atoms with E-state index in [2.05, 4.69) is 107 Å². The van der Waals surface area contributed by atoms with Crippen LogP contribution in [0.2, 0.25) is 0 Å². The lowest BCUT2D eigenvalue weighted by Gasteiger charge is -2.13. The lowest BCUT2D eigenvalue weighted by Crippen LogP contribution is -1.98. The number of halogens is 1. The van der Waals surface area contributed by atoms with Gasteiger partial charge in [-0.1, -0.05) is 60.7 Å². The molecule has 5 rings (SSSR count). The Bertz CT molecular complexity index is 1250. The predicted molar refractivity (Wildman–Crippen MR) is 113 cm³/mol. The fourth-order valence-electron chi connectivity index (χ4n) is 3.54. The van der Waals surface area contributed by atoms with Crippen molar-refractivity contribution < 1.29 is 0 Å². The van der Waals surface area contributed by atoms with Gasteiger partial charge in [-0.3, -0.25) is 4.40 Å². The molecule has 3 heteroatoms. The molecule has 0 atom stereocenters. The maximum Gasteiger partial charge on any atom is 0.146 e. The molecule has 0 bridgehead atoms. The van der Waals surface area contributed by atoms with Crippen LogP contribution >= 0.6 is 22.6 Å². The van der Waals surface area contributed by atoms with E-state index in [1.807, 2.05) is 0 Å². The summed E-state index contributed by atoms with van der Waals surface area (Å²) in [5.74, 6) is 0. The minimum Gasteiger partial charge on any atom is -0.291 e.